The maximum Gasteiger partial charge on any atom is 0.319 e. The molecule has 2 N–H and O–H groups in total. The summed E-state index contributed by atoms with van der Waals surface area (Å²) in [5.74, 6) is 0.406. The van der Waals surface area contributed by atoms with Crippen molar-refractivity contribution in [1.29, 1.82) is 0 Å². The first-order chi connectivity index (χ1) is 10.00. The highest BCUT2D eigenvalue weighted by Gasteiger charge is 2.58. The van der Waals surface area contributed by atoms with Crippen molar-refractivity contribution in [3.63, 3.8) is 0 Å². The number of anilines is 1. The van der Waals surface area contributed by atoms with Crippen molar-refractivity contribution in [2.45, 2.75) is 38.8 Å². The van der Waals surface area contributed by atoms with Crippen LogP contribution in [0.2, 0.25) is 5.15 Å². The normalized spacial score (nSPS) is 30.0. The summed E-state index contributed by atoms with van der Waals surface area (Å²) in [6.45, 7) is 5.11. The van der Waals surface area contributed by atoms with Crippen LogP contribution in [0.25, 0.3) is 0 Å². The number of urea groups is 1. The molecule has 1 aliphatic heterocycles. The van der Waals surface area contributed by atoms with Crippen molar-refractivity contribution in [3.05, 3.63) is 23.5 Å². The predicted molar refractivity (Wildman–Crippen MR) is 81.4 cm³/mol. The summed E-state index contributed by atoms with van der Waals surface area (Å²) >= 11 is 5.95. The number of carbonyl (C=O) groups is 1. The number of nitrogens with one attached hydrogen (secondary N) is 2. The van der Waals surface area contributed by atoms with Crippen LogP contribution in [-0.2, 0) is 4.74 Å². The quantitative estimate of drug-likeness (QED) is 0.825. The zero-order valence-corrected chi connectivity index (χ0v) is 13.0. The second-order valence-electron chi connectivity index (χ2n) is 6.34. The molecule has 0 bridgehead atoms. The third-order valence-electron chi connectivity index (χ3n) is 4.62. The van der Waals surface area contributed by atoms with Crippen molar-refractivity contribution in [2.24, 2.45) is 11.3 Å². The first kappa shape index (κ1) is 14.6. The average Bonchev–Trinajstić information content (AvgIpc) is 2.47. The third-order valence-corrected chi connectivity index (χ3v) is 4.93. The van der Waals surface area contributed by atoms with Crippen molar-refractivity contribution < 1.29 is 9.53 Å². The number of hydrogen-bond acceptors (Lipinski definition) is 3. The van der Waals surface area contributed by atoms with Gasteiger partial charge in [0.25, 0.3) is 0 Å². The summed E-state index contributed by atoms with van der Waals surface area (Å²) in [7, 11) is 0. The number of aromatic nitrogens is 1. The molecule has 114 valence electrons. The third kappa shape index (κ3) is 2.60. The molecule has 1 aliphatic carbocycles. The van der Waals surface area contributed by atoms with E-state index in [1.165, 1.54) is 0 Å². The van der Waals surface area contributed by atoms with Gasteiger partial charge >= 0.3 is 6.03 Å². The largest absolute Gasteiger partial charge is 0.377 e. The van der Waals surface area contributed by atoms with Gasteiger partial charge in [-0.25, -0.2) is 9.78 Å². The van der Waals surface area contributed by atoms with Crippen molar-refractivity contribution in [1.82, 2.24) is 10.3 Å². The van der Waals surface area contributed by atoms with Crippen LogP contribution in [0.3, 0.4) is 0 Å². The van der Waals surface area contributed by atoms with E-state index < -0.39 is 0 Å². The van der Waals surface area contributed by atoms with Crippen LogP contribution in [0, 0.1) is 11.3 Å². The molecule has 2 aliphatic rings. The van der Waals surface area contributed by atoms with E-state index in [1.807, 2.05) is 0 Å². The Morgan fingerprint density at radius 1 is 1.52 bits per heavy atom. The van der Waals surface area contributed by atoms with Crippen molar-refractivity contribution >= 4 is 23.3 Å². The van der Waals surface area contributed by atoms with E-state index in [-0.39, 0.29) is 23.6 Å². The SMILES string of the molecule is CC1(C)[C@H](NC(=O)Nc2cccnc2Cl)[C@H]2CCCO[C@H]21. The first-order valence-electron chi connectivity index (χ1n) is 7.30. The van der Waals surface area contributed by atoms with E-state index in [2.05, 4.69) is 29.5 Å². The van der Waals surface area contributed by atoms with Crippen LogP contribution in [-0.4, -0.2) is 29.8 Å². The molecule has 1 saturated heterocycles. The number of pyridine rings is 1. The van der Waals surface area contributed by atoms with Crippen LogP contribution < -0.4 is 10.6 Å². The number of fused-ring (bicyclic) bond motifs is 1. The van der Waals surface area contributed by atoms with Crippen LogP contribution in [0.1, 0.15) is 26.7 Å². The number of ether oxygens (including phenoxy) is 1. The number of nitrogens with zero attached hydrogens (tertiary/aromatic N) is 1. The van der Waals surface area contributed by atoms with Gasteiger partial charge in [0.2, 0.25) is 0 Å². The molecule has 1 saturated carbocycles. The van der Waals surface area contributed by atoms with E-state index in [0.717, 1.165) is 19.4 Å². The maximum absolute atomic E-state index is 12.2. The molecule has 1 aromatic heterocycles. The van der Waals surface area contributed by atoms with Crippen LogP contribution in [0.5, 0.6) is 0 Å². The number of halogens is 1. The second kappa shape index (κ2) is 5.46. The van der Waals surface area contributed by atoms with Gasteiger partial charge in [0, 0.05) is 30.2 Å². The lowest BCUT2D eigenvalue weighted by Crippen LogP contribution is -2.70. The summed E-state index contributed by atoms with van der Waals surface area (Å²) < 4.78 is 5.84. The molecule has 0 radical (unpaired) electrons. The Hall–Kier alpha value is -1.33. The molecule has 0 unspecified atom stereocenters. The Bertz CT molecular complexity index is 549. The Morgan fingerprint density at radius 3 is 3.10 bits per heavy atom. The molecule has 1 aromatic rings. The number of amides is 2. The standard InChI is InChI=1S/C15H20ClN3O2/c1-15(2)11(9-5-4-8-21-12(9)15)19-14(20)18-10-6-3-7-17-13(10)16/h3,6-7,9,11-12H,4-5,8H2,1-2H3,(H2,18,19,20)/t9-,11-,12-/m1/s1. The molecule has 3 rings (SSSR count). The lowest BCUT2D eigenvalue weighted by atomic mass is 9.55. The highest BCUT2D eigenvalue weighted by molar-refractivity contribution is 6.32. The van der Waals surface area contributed by atoms with Crippen LogP contribution in [0.4, 0.5) is 10.5 Å². The molecule has 5 nitrogen and oxygen atoms in total. The fraction of sp³-hybridized carbons (Fsp3) is 0.600. The zero-order chi connectivity index (χ0) is 15.0. The van der Waals surface area contributed by atoms with Crippen molar-refractivity contribution in [3.8, 4) is 0 Å². The Morgan fingerprint density at radius 2 is 2.33 bits per heavy atom. The monoisotopic (exact) mass is 309 g/mol. The van der Waals surface area contributed by atoms with Crippen LogP contribution >= 0.6 is 11.6 Å². The van der Waals surface area contributed by atoms with E-state index >= 15 is 0 Å². The number of hydrogen-bond donors (Lipinski definition) is 2. The van der Waals surface area contributed by atoms with Gasteiger partial charge in [0.15, 0.2) is 5.15 Å². The van der Waals surface area contributed by atoms with E-state index in [1.54, 1.807) is 18.3 Å². The van der Waals surface area contributed by atoms with Crippen molar-refractivity contribution in [2.75, 3.05) is 11.9 Å². The molecule has 0 spiro atoms. The lowest BCUT2D eigenvalue weighted by molar-refractivity contribution is -0.189. The highest BCUT2D eigenvalue weighted by Crippen LogP contribution is 2.51. The van der Waals surface area contributed by atoms with Gasteiger partial charge in [-0.2, -0.15) is 0 Å². The summed E-state index contributed by atoms with van der Waals surface area (Å²) in [5, 5.41) is 6.11. The summed E-state index contributed by atoms with van der Waals surface area (Å²) in [6, 6.07) is 3.35. The Kier molecular flexibility index (Phi) is 3.80. The average molecular weight is 310 g/mol. The fourth-order valence-corrected chi connectivity index (χ4v) is 3.76. The molecule has 6 heteroatoms. The van der Waals surface area contributed by atoms with Gasteiger partial charge < -0.3 is 15.4 Å². The van der Waals surface area contributed by atoms with Gasteiger partial charge in [0.1, 0.15) is 0 Å². The molecule has 2 heterocycles. The molecule has 3 atom stereocenters. The molecule has 21 heavy (non-hydrogen) atoms. The number of rotatable bonds is 2. The van der Waals surface area contributed by atoms with E-state index in [4.69, 9.17) is 16.3 Å². The molecule has 2 amide bonds. The number of carbonyl (C=O) groups excluding carboxylic acids is 1. The smallest absolute Gasteiger partial charge is 0.319 e. The maximum atomic E-state index is 12.2. The van der Waals surface area contributed by atoms with Gasteiger partial charge in [-0.3, -0.25) is 0 Å². The van der Waals surface area contributed by atoms with Gasteiger partial charge in [-0.05, 0) is 25.0 Å². The second-order valence-corrected chi connectivity index (χ2v) is 6.69. The minimum Gasteiger partial charge on any atom is -0.377 e. The zero-order valence-electron chi connectivity index (χ0n) is 12.2. The fourth-order valence-electron chi connectivity index (χ4n) is 3.59. The topological polar surface area (TPSA) is 63.2 Å². The molecule has 0 aromatic carbocycles. The van der Waals surface area contributed by atoms with Crippen LogP contribution in [0.15, 0.2) is 18.3 Å². The van der Waals surface area contributed by atoms with Gasteiger partial charge in [-0.1, -0.05) is 25.4 Å². The predicted octanol–water partition coefficient (Wildman–Crippen LogP) is 3.06. The molecule has 2 fully saturated rings. The minimum atomic E-state index is -0.244. The summed E-state index contributed by atoms with van der Waals surface area (Å²) in [6.07, 6.45) is 4.00. The molecular weight excluding hydrogens is 290 g/mol. The van der Waals surface area contributed by atoms with Gasteiger partial charge in [0.05, 0.1) is 11.8 Å². The Balaban J connectivity index is 1.64. The highest BCUT2D eigenvalue weighted by atomic mass is 35.5. The van der Waals surface area contributed by atoms with E-state index in [9.17, 15) is 4.79 Å². The van der Waals surface area contributed by atoms with E-state index in [0.29, 0.717) is 16.8 Å². The lowest BCUT2D eigenvalue weighted by Gasteiger charge is -2.59. The minimum absolute atomic E-state index is 0.0405. The Labute approximate surface area is 129 Å². The van der Waals surface area contributed by atoms with Gasteiger partial charge in [-0.15, -0.1) is 0 Å². The first-order valence-corrected chi connectivity index (χ1v) is 7.67. The summed E-state index contributed by atoms with van der Waals surface area (Å²) in [4.78, 5) is 16.1. The summed E-state index contributed by atoms with van der Waals surface area (Å²) in [5.41, 5.74) is 0.478. The molecular formula is C15H20ClN3O2.